The van der Waals surface area contributed by atoms with Crippen LogP contribution in [-0.4, -0.2) is 17.1 Å². The van der Waals surface area contributed by atoms with Crippen LogP contribution in [0, 0.1) is 30.1 Å². The van der Waals surface area contributed by atoms with Crippen molar-refractivity contribution < 1.29 is 9.47 Å². The summed E-state index contributed by atoms with van der Waals surface area (Å²) in [5, 5.41) is 9.65. The standard InChI is InChI=1S/C21H13Cl2N3O2/c1-13-7-14(5-6-25-13)3-4-17-11-19(20(23)21(26-17)27-2)28-18-9-15(12-24)8-16(22)10-18/h5-11H,1-2H3. The summed E-state index contributed by atoms with van der Waals surface area (Å²) in [5.74, 6) is 6.81. The highest BCUT2D eigenvalue weighted by atomic mass is 35.5. The fraction of sp³-hybridized carbons (Fsp3) is 0.0952. The Labute approximate surface area is 172 Å². The molecule has 0 aliphatic heterocycles. The molecule has 0 N–H and O–H groups in total. The summed E-state index contributed by atoms with van der Waals surface area (Å²) >= 11 is 12.3. The molecule has 0 aliphatic carbocycles. The van der Waals surface area contributed by atoms with Gasteiger partial charge in [0.1, 0.15) is 16.5 Å². The molecule has 3 rings (SSSR count). The molecular formula is C21H13Cl2N3O2. The van der Waals surface area contributed by atoms with E-state index in [1.165, 1.54) is 13.2 Å². The first kappa shape index (κ1) is 19.5. The third-order valence-corrected chi connectivity index (χ3v) is 4.11. The van der Waals surface area contributed by atoms with Gasteiger partial charge in [0.2, 0.25) is 5.88 Å². The van der Waals surface area contributed by atoms with E-state index in [2.05, 4.69) is 21.8 Å². The molecule has 0 saturated heterocycles. The minimum atomic E-state index is 0.178. The highest BCUT2D eigenvalue weighted by Gasteiger charge is 2.14. The number of rotatable bonds is 3. The van der Waals surface area contributed by atoms with Crippen LogP contribution in [0.3, 0.4) is 0 Å². The summed E-state index contributed by atoms with van der Waals surface area (Å²) in [5.41, 5.74) is 2.45. The molecule has 2 aromatic heterocycles. The second kappa shape index (κ2) is 8.63. The van der Waals surface area contributed by atoms with Crippen LogP contribution >= 0.6 is 23.2 Å². The van der Waals surface area contributed by atoms with Gasteiger partial charge in [-0.05, 0) is 43.2 Å². The molecule has 0 saturated carbocycles. The zero-order valence-corrected chi connectivity index (χ0v) is 16.5. The first-order valence-electron chi connectivity index (χ1n) is 8.06. The van der Waals surface area contributed by atoms with E-state index in [4.69, 9.17) is 37.9 Å². The molecule has 0 fully saturated rings. The van der Waals surface area contributed by atoms with Crippen molar-refractivity contribution in [3.8, 4) is 35.3 Å². The first-order chi connectivity index (χ1) is 13.5. The molecule has 0 atom stereocenters. The summed E-state index contributed by atoms with van der Waals surface area (Å²) in [6.45, 7) is 1.89. The molecule has 28 heavy (non-hydrogen) atoms. The number of ether oxygens (including phenoxy) is 2. The predicted molar refractivity (Wildman–Crippen MR) is 107 cm³/mol. The largest absolute Gasteiger partial charge is 0.480 e. The molecule has 0 amide bonds. The normalized spacial score (nSPS) is 9.82. The molecule has 138 valence electrons. The number of nitriles is 1. The van der Waals surface area contributed by atoms with Gasteiger partial charge in [0.15, 0.2) is 5.75 Å². The number of aromatic nitrogens is 2. The predicted octanol–water partition coefficient (Wildman–Crippen LogP) is 5.16. The Morgan fingerprint density at radius 1 is 1.04 bits per heavy atom. The number of nitrogens with zero attached hydrogens (tertiary/aromatic N) is 3. The zero-order valence-electron chi connectivity index (χ0n) is 15.0. The monoisotopic (exact) mass is 409 g/mol. The molecular weight excluding hydrogens is 397 g/mol. The van der Waals surface area contributed by atoms with Gasteiger partial charge in [0.05, 0.1) is 18.7 Å². The third kappa shape index (κ3) is 4.72. The lowest BCUT2D eigenvalue weighted by Crippen LogP contribution is -1.96. The number of aryl methyl sites for hydroxylation is 1. The summed E-state index contributed by atoms with van der Waals surface area (Å²) in [6.07, 6.45) is 1.69. The minimum Gasteiger partial charge on any atom is -0.480 e. The van der Waals surface area contributed by atoms with Crippen LogP contribution in [0.25, 0.3) is 0 Å². The molecule has 7 heteroatoms. The number of hydrogen-bond acceptors (Lipinski definition) is 5. The van der Waals surface area contributed by atoms with Gasteiger partial charge < -0.3 is 9.47 Å². The molecule has 0 bridgehead atoms. The van der Waals surface area contributed by atoms with E-state index >= 15 is 0 Å². The van der Waals surface area contributed by atoms with Crippen molar-refractivity contribution in [2.24, 2.45) is 0 Å². The summed E-state index contributed by atoms with van der Waals surface area (Å²) in [4.78, 5) is 8.42. The average molecular weight is 410 g/mol. The highest BCUT2D eigenvalue weighted by molar-refractivity contribution is 6.33. The number of benzene rings is 1. The van der Waals surface area contributed by atoms with E-state index in [-0.39, 0.29) is 16.7 Å². The van der Waals surface area contributed by atoms with Gasteiger partial charge in [-0.25, -0.2) is 4.98 Å². The van der Waals surface area contributed by atoms with Crippen LogP contribution in [-0.2, 0) is 0 Å². The third-order valence-electron chi connectivity index (χ3n) is 3.55. The van der Waals surface area contributed by atoms with Gasteiger partial charge in [0.25, 0.3) is 0 Å². The van der Waals surface area contributed by atoms with Crippen molar-refractivity contribution in [2.75, 3.05) is 7.11 Å². The Kier molecular flexibility index (Phi) is 6.01. The van der Waals surface area contributed by atoms with Gasteiger partial charge in [-0.3, -0.25) is 4.98 Å². The van der Waals surface area contributed by atoms with Crippen molar-refractivity contribution >= 4 is 23.2 Å². The average Bonchev–Trinajstić information content (AvgIpc) is 2.68. The van der Waals surface area contributed by atoms with Crippen molar-refractivity contribution in [1.82, 2.24) is 9.97 Å². The summed E-state index contributed by atoms with van der Waals surface area (Å²) in [7, 11) is 1.45. The molecule has 1 aromatic carbocycles. The van der Waals surface area contributed by atoms with E-state index < -0.39 is 0 Å². The maximum Gasteiger partial charge on any atom is 0.237 e. The van der Waals surface area contributed by atoms with Gasteiger partial charge in [-0.1, -0.05) is 29.1 Å². The van der Waals surface area contributed by atoms with Crippen molar-refractivity contribution in [3.63, 3.8) is 0 Å². The first-order valence-corrected chi connectivity index (χ1v) is 8.82. The Hall–Kier alpha value is -3.25. The van der Waals surface area contributed by atoms with Gasteiger partial charge in [0, 0.05) is 28.5 Å². The fourth-order valence-corrected chi connectivity index (χ4v) is 2.77. The van der Waals surface area contributed by atoms with Gasteiger partial charge in [-0.2, -0.15) is 5.26 Å². The lowest BCUT2D eigenvalue weighted by Gasteiger charge is -2.11. The van der Waals surface area contributed by atoms with E-state index in [0.29, 0.717) is 22.0 Å². The van der Waals surface area contributed by atoms with Crippen LogP contribution < -0.4 is 9.47 Å². The minimum absolute atomic E-state index is 0.178. The van der Waals surface area contributed by atoms with Gasteiger partial charge in [-0.15, -0.1) is 0 Å². The zero-order chi connectivity index (χ0) is 20.1. The Morgan fingerprint density at radius 3 is 2.57 bits per heavy atom. The second-order valence-electron chi connectivity index (χ2n) is 5.65. The number of halogens is 2. The maximum atomic E-state index is 9.09. The molecule has 0 spiro atoms. The molecule has 3 aromatic rings. The van der Waals surface area contributed by atoms with Crippen molar-refractivity contribution in [3.05, 3.63) is 75.2 Å². The lowest BCUT2D eigenvalue weighted by molar-refractivity contribution is 0.392. The molecule has 5 nitrogen and oxygen atoms in total. The molecule has 0 unspecified atom stereocenters. The second-order valence-corrected chi connectivity index (χ2v) is 6.47. The number of hydrogen-bond donors (Lipinski definition) is 0. The van der Waals surface area contributed by atoms with Crippen LogP contribution in [0.5, 0.6) is 17.4 Å². The summed E-state index contributed by atoms with van der Waals surface area (Å²) < 4.78 is 11.0. The molecule has 0 aliphatic rings. The van der Waals surface area contributed by atoms with Crippen LogP contribution in [0.4, 0.5) is 0 Å². The van der Waals surface area contributed by atoms with E-state index in [1.807, 2.05) is 19.1 Å². The van der Waals surface area contributed by atoms with E-state index in [0.717, 1.165) is 11.3 Å². The van der Waals surface area contributed by atoms with Crippen LogP contribution in [0.15, 0.2) is 42.6 Å². The van der Waals surface area contributed by atoms with Crippen LogP contribution in [0.1, 0.15) is 22.5 Å². The van der Waals surface area contributed by atoms with Crippen LogP contribution in [0.2, 0.25) is 10.0 Å². The highest BCUT2D eigenvalue weighted by Crippen LogP contribution is 2.36. The Morgan fingerprint density at radius 2 is 1.86 bits per heavy atom. The lowest BCUT2D eigenvalue weighted by atomic mass is 10.2. The van der Waals surface area contributed by atoms with E-state index in [1.54, 1.807) is 30.5 Å². The smallest absolute Gasteiger partial charge is 0.237 e. The summed E-state index contributed by atoms with van der Waals surface area (Å²) in [6, 6.07) is 12.0. The van der Waals surface area contributed by atoms with Crippen molar-refractivity contribution in [1.29, 1.82) is 5.26 Å². The number of methoxy groups -OCH3 is 1. The molecule has 0 radical (unpaired) electrons. The SMILES string of the molecule is COc1nc(C#Cc2ccnc(C)c2)cc(Oc2cc(Cl)cc(C#N)c2)c1Cl. The maximum absolute atomic E-state index is 9.09. The van der Waals surface area contributed by atoms with E-state index in [9.17, 15) is 0 Å². The quantitative estimate of drug-likeness (QED) is 0.558. The van der Waals surface area contributed by atoms with Gasteiger partial charge >= 0.3 is 0 Å². The Balaban J connectivity index is 1.99. The Bertz CT molecular complexity index is 1140. The topological polar surface area (TPSA) is 68.0 Å². The molecule has 2 heterocycles. The fourth-order valence-electron chi connectivity index (χ4n) is 2.33. The van der Waals surface area contributed by atoms with Crippen molar-refractivity contribution in [2.45, 2.75) is 6.92 Å². The number of pyridine rings is 2.